The summed E-state index contributed by atoms with van der Waals surface area (Å²) in [6.45, 7) is 6.34. The third-order valence-corrected chi connectivity index (χ3v) is 4.34. The maximum atomic E-state index is 5.73. The lowest BCUT2D eigenvalue weighted by atomic mass is 10.1. The van der Waals surface area contributed by atoms with Crippen LogP contribution in [-0.4, -0.2) is 57.9 Å². The quantitative estimate of drug-likeness (QED) is 0.380. The molecule has 1 aromatic carbocycles. The van der Waals surface area contributed by atoms with Crippen LogP contribution >= 0.6 is 0 Å². The molecule has 1 aliphatic carbocycles. The van der Waals surface area contributed by atoms with Gasteiger partial charge in [-0.1, -0.05) is 12.1 Å². The molecule has 0 atom stereocenters. The van der Waals surface area contributed by atoms with Crippen LogP contribution in [0.3, 0.4) is 0 Å². The highest BCUT2D eigenvalue weighted by Gasteiger charge is 2.21. The Morgan fingerprint density at radius 1 is 1.36 bits per heavy atom. The van der Waals surface area contributed by atoms with Gasteiger partial charge in [-0.3, -0.25) is 4.99 Å². The van der Waals surface area contributed by atoms with Gasteiger partial charge in [-0.2, -0.15) is 0 Å². The zero-order chi connectivity index (χ0) is 17.9. The van der Waals surface area contributed by atoms with Crippen molar-refractivity contribution in [2.75, 3.05) is 47.0 Å². The highest BCUT2D eigenvalue weighted by atomic mass is 16.5. The van der Waals surface area contributed by atoms with E-state index in [1.807, 2.05) is 12.1 Å². The molecule has 2 rings (SSSR count). The number of likely N-dealkylation sites (N-methyl/N-ethyl adjacent to an activating group) is 1. The maximum Gasteiger partial charge on any atom is 0.193 e. The second-order valence-electron chi connectivity index (χ2n) is 6.63. The minimum absolute atomic E-state index is 0.765. The van der Waals surface area contributed by atoms with Crippen LogP contribution in [0, 0.1) is 5.92 Å². The number of benzene rings is 1. The molecule has 1 saturated carbocycles. The average Bonchev–Trinajstić information content (AvgIpc) is 3.45. The Morgan fingerprint density at radius 3 is 2.92 bits per heavy atom. The van der Waals surface area contributed by atoms with E-state index in [2.05, 4.69) is 36.3 Å². The number of nitrogens with one attached hydrogen (secondary N) is 1. The van der Waals surface area contributed by atoms with E-state index in [1.165, 1.54) is 18.4 Å². The highest BCUT2D eigenvalue weighted by Crippen LogP contribution is 2.28. The number of hydrogen-bond acceptors (Lipinski definition) is 3. The second-order valence-corrected chi connectivity index (χ2v) is 6.63. The predicted octanol–water partition coefficient (Wildman–Crippen LogP) is 2.95. The molecule has 0 heterocycles. The number of nitrogens with zero attached hydrogens (tertiary/aromatic N) is 2. The molecule has 5 nitrogen and oxygen atoms in total. The van der Waals surface area contributed by atoms with Gasteiger partial charge in [-0.05, 0) is 56.2 Å². The summed E-state index contributed by atoms with van der Waals surface area (Å²) in [5.41, 5.74) is 1.29. The summed E-state index contributed by atoms with van der Waals surface area (Å²) in [6, 6.07) is 8.25. The monoisotopic (exact) mass is 347 g/mol. The van der Waals surface area contributed by atoms with E-state index < -0.39 is 0 Å². The third-order valence-electron chi connectivity index (χ3n) is 4.34. The Kier molecular flexibility index (Phi) is 8.60. The normalized spacial score (nSPS) is 14.4. The average molecular weight is 348 g/mol. The largest absolute Gasteiger partial charge is 0.497 e. The van der Waals surface area contributed by atoms with Crippen LogP contribution in [0.1, 0.15) is 31.7 Å². The summed E-state index contributed by atoms with van der Waals surface area (Å²) >= 11 is 0. The highest BCUT2D eigenvalue weighted by molar-refractivity contribution is 5.79. The molecule has 0 aromatic heterocycles. The lowest BCUT2D eigenvalue weighted by Crippen LogP contribution is -2.40. The first kappa shape index (κ1) is 19.6. The molecule has 1 fully saturated rings. The number of methoxy groups -OCH3 is 1. The van der Waals surface area contributed by atoms with Gasteiger partial charge in [-0.25, -0.2) is 0 Å². The minimum atomic E-state index is 0.765. The minimum Gasteiger partial charge on any atom is -0.497 e. The van der Waals surface area contributed by atoms with Gasteiger partial charge in [0.2, 0.25) is 0 Å². The van der Waals surface area contributed by atoms with Crippen molar-refractivity contribution in [3.63, 3.8) is 0 Å². The van der Waals surface area contributed by atoms with Crippen molar-refractivity contribution in [2.24, 2.45) is 10.9 Å². The smallest absolute Gasteiger partial charge is 0.193 e. The van der Waals surface area contributed by atoms with Crippen molar-refractivity contribution in [3.05, 3.63) is 29.8 Å². The molecule has 0 bridgehead atoms. The number of rotatable bonds is 11. The molecule has 1 aromatic rings. The van der Waals surface area contributed by atoms with Crippen molar-refractivity contribution in [3.8, 4) is 5.75 Å². The number of hydrogen-bond donors (Lipinski definition) is 1. The van der Waals surface area contributed by atoms with Crippen LogP contribution < -0.4 is 10.1 Å². The summed E-state index contributed by atoms with van der Waals surface area (Å²) in [5, 5.41) is 3.36. The SMILES string of the molecule is CCNC(=NCCCc1cccc(OC)c1)N(C)CCOCC1CC1. The van der Waals surface area contributed by atoms with Gasteiger partial charge in [0.1, 0.15) is 5.75 Å². The Labute approximate surface area is 152 Å². The molecule has 0 aliphatic heterocycles. The molecule has 5 heteroatoms. The van der Waals surface area contributed by atoms with E-state index in [0.717, 1.165) is 63.3 Å². The van der Waals surface area contributed by atoms with Gasteiger partial charge >= 0.3 is 0 Å². The van der Waals surface area contributed by atoms with Crippen molar-refractivity contribution in [1.82, 2.24) is 10.2 Å². The van der Waals surface area contributed by atoms with Gasteiger partial charge in [-0.15, -0.1) is 0 Å². The van der Waals surface area contributed by atoms with Gasteiger partial charge in [0.25, 0.3) is 0 Å². The van der Waals surface area contributed by atoms with E-state index in [4.69, 9.17) is 14.5 Å². The first-order chi connectivity index (χ1) is 12.2. The van der Waals surface area contributed by atoms with Crippen LogP contribution in [0.2, 0.25) is 0 Å². The lowest BCUT2D eigenvalue weighted by molar-refractivity contribution is 0.115. The summed E-state index contributed by atoms with van der Waals surface area (Å²) in [7, 11) is 3.78. The topological polar surface area (TPSA) is 46.1 Å². The van der Waals surface area contributed by atoms with Crippen LogP contribution in [0.4, 0.5) is 0 Å². The standard InChI is InChI=1S/C20H33N3O2/c1-4-21-20(23(2)13-14-25-16-18-10-11-18)22-12-6-8-17-7-5-9-19(15-17)24-3/h5,7,9,15,18H,4,6,8,10-14,16H2,1-3H3,(H,21,22). The predicted molar refractivity (Wildman–Crippen MR) is 103 cm³/mol. The van der Waals surface area contributed by atoms with E-state index in [1.54, 1.807) is 7.11 Å². The number of ether oxygens (including phenoxy) is 2. The van der Waals surface area contributed by atoms with Crippen LogP contribution in [0.15, 0.2) is 29.3 Å². The molecule has 140 valence electrons. The van der Waals surface area contributed by atoms with Crippen LogP contribution in [0.25, 0.3) is 0 Å². The fourth-order valence-corrected chi connectivity index (χ4v) is 2.61. The molecule has 0 unspecified atom stereocenters. The zero-order valence-electron chi connectivity index (χ0n) is 16.0. The van der Waals surface area contributed by atoms with E-state index in [-0.39, 0.29) is 0 Å². The van der Waals surface area contributed by atoms with E-state index >= 15 is 0 Å². The van der Waals surface area contributed by atoms with E-state index in [9.17, 15) is 0 Å². The maximum absolute atomic E-state index is 5.73. The molecule has 1 N–H and O–H groups in total. The summed E-state index contributed by atoms with van der Waals surface area (Å²) < 4.78 is 11.0. The van der Waals surface area contributed by atoms with Crippen molar-refractivity contribution >= 4 is 5.96 Å². The Balaban J connectivity index is 1.71. The van der Waals surface area contributed by atoms with Gasteiger partial charge in [0, 0.05) is 33.3 Å². The first-order valence-electron chi connectivity index (χ1n) is 9.43. The fourth-order valence-electron chi connectivity index (χ4n) is 2.61. The van der Waals surface area contributed by atoms with Gasteiger partial charge in [0.05, 0.1) is 13.7 Å². The molecule has 25 heavy (non-hydrogen) atoms. The molecular formula is C20H33N3O2. The Hall–Kier alpha value is -1.75. The number of aliphatic imine (C=N–C) groups is 1. The van der Waals surface area contributed by atoms with Crippen LogP contribution in [-0.2, 0) is 11.2 Å². The second kappa shape index (κ2) is 11.0. The lowest BCUT2D eigenvalue weighted by Gasteiger charge is -2.22. The number of aryl methyl sites for hydroxylation is 1. The Morgan fingerprint density at radius 2 is 2.20 bits per heavy atom. The molecule has 0 saturated heterocycles. The number of guanidine groups is 1. The first-order valence-corrected chi connectivity index (χ1v) is 9.43. The zero-order valence-corrected chi connectivity index (χ0v) is 16.0. The van der Waals surface area contributed by atoms with Crippen LogP contribution in [0.5, 0.6) is 5.75 Å². The molecule has 1 aliphatic rings. The molecule has 0 radical (unpaired) electrons. The van der Waals surface area contributed by atoms with Crippen molar-refractivity contribution in [1.29, 1.82) is 0 Å². The third kappa shape index (κ3) is 7.78. The van der Waals surface area contributed by atoms with E-state index in [0.29, 0.717) is 0 Å². The molecular weight excluding hydrogens is 314 g/mol. The van der Waals surface area contributed by atoms with Crippen molar-refractivity contribution < 1.29 is 9.47 Å². The molecule has 0 amide bonds. The summed E-state index contributed by atoms with van der Waals surface area (Å²) in [5.74, 6) is 2.70. The Bertz CT molecular complexity index is 529. The fraction of sp³-hybridized carbons (Fsp3) is 0.650. The van der Waals surface area contributed by atoms with Gasteiger partial charge in [0.15, 0.2) is 5.96 Å². The van der Waals surface area contributed by atoms with Gasteiger partial charge < -0.3 is 19.7 Å². The van der Waals surface area contributed by atoms with Crippen molar-refractivity contribution in [2.45, 2.75) is 32.6 Å². The summed E-state index contributed by atoms with van der Waals surface area (Å²) in [4.78, 5) is 6.90. The summed E-state index contributed by atoms with van der Waals surface area (Å²) in [6.07, 6.45) is 4.71. The molecule has 0 spiro atoms.